The second-order valence-electron chi connectivity index (χ2n) is 8.51. The van der Waals surface area contributed by atoms with Crippen molar-refractivity contribution in [3.8, 4) is 0 Å². The van der Waals surface area contributed by atoms with Crippen molar-refractivity contribution in [2.45, 2.75) is 58.9 Å². The predicted octanol–water partition coefficient (Wildman–Crippen LogP) is 3.66. The Labute approximate surface area is 171 Å². The standard InChI is InChI=1S/C23H40N2O3/c1-19(2)6-5-7-20(3)10-12-24-13-11-22(25-14-16-28-17-15-25)21(18-24)8-9-23(26)27-4/h6,10,21-22H,5,7-9,11-18H2,1-4H3/b20-10+/t21-,22+/m1/s1. The van der Waals surface area contributed by atoms with Crippen molar-refractivity contribution in [3.05, 3.63) is 23.3 Å². The molecule has 2 atom stereocenters. The lowest BCUT2D eigenvalue weighted by Crippen LogP contribution is -2.54. The van der Waals surface area contributed by atoms with Crippen molar-refractivity contribution in [2.75, 3.05) is 53.0 Å². The van der Waals surface area contributed by atoms with E-state index in [1.165, 1.54) is 24.7 Å². The number of carbonyl (C=O) groups is 1. The first-order valence-corrected chi connectivity index (χ1v) is 10.9. The van der Waals surface area contributed by atoms with E-state index in [1.54, 1.807) is 0 Å². The van der Waals surface area contributed by atoms with E-state index in [9.17, 15) is 4.79 Å². The molecule has 0 bridgehead atoms. The summed E-state index contributed by atoms with van der Waals surface area (Å²) in [5.41, 5.74) is 2.87. The zero-order valence-electron chi connectivity index (χ0n) is 18.4. The number of rotatable bonds is 9. The quantitative estimate of drug-likeness (QED) is 0.442. The lowest BCUT2D eigenvalue weighted by atomic mass is 9.86. The molecule has 2 rings (SSSR count). The lowest BCUT2D eigenvalue weighted by molar-refractivity contribution is -0.141. The smallest absolute Gasteiger partial charge is 0.305 e. The Morgan fingerprint density at radius 3 is 2.54 bits per heavy atom. The van der Waals surface area contributed by atoms with Gasteiger partial charge in [0.15, 0.2) is 0 Å². The number of methoxy groups -OCH3 is 1. The van der Waals surface area contributed by atoms with Gasteiger partial charge >= 0.3 is 5.97 Å². The van der Waals surface area contributed by atoms with Gasteiger partial charge in [-0.15, -0.1) is 0 Å². The molecule has 0 spiro atoms. The average molecular weight is 393 g/mol. The predicted molar refractivity (Wildman–Crippen MR) is 114 cm³/mol. The summed E-state index contributed by atoms with van der Waals surface area (Å²) < 4.78 is 10.4. The summed E-state index contributed by atoms with van der Waals surface area (Å²) in [5.74, 6) is 0.429. The molecule has 2 aliphatic rings. The molecule has 2 aliphatic heterocycles. The van der Waals surface area contributed by atoms with Crippen molar-refractivity contribution in [1.82, 2.24) is 9.80 Å². The number of hydrogen-bond donors (Lipinski definition) is 0. The summed E-state index contributed by atoms with van der Waals surface area (Å²) in [4.78, 5) is 16.8. The maximum Gasteiger partial charge on any atom is 0.305 e. The summed E-state index contributed by atoms with van der Waals surface area (Å²) in [6.07, 6.45) is 9.59. The second-order valence-corrected chi connectivity index (χ2v) is 8.51. The van der Waals surface area contributed by atoms with Gasteiger partial charge in [0.25, 0.3) is 0 Å². The number of hydrogen-bond acceptors (Lipinski definition) is 5. The van der Waals surface area contributed by atoms with Gasteiger partial charge in [-0.1, -0.05) is 23.3 Å². The molecule has 2 fully saturated rings. The fourth-order valence-electron chi connectivity index (χ4n) is 4.32. The zero-order chi connectivity index (χ0) is 20.4. The maximum absolute atomic E-state index is 11.7. The molecule has 0 amide bonds. The minimum Gasteiger partial charge on any atom is -0.469 e. The normalized spacial score (nSPS) is 24.8. The lowest BCUT2D eigenvalue weighted by Gasteiger charge is -2.45. The number of ether oxygens (including phenoxy) is 2. The number of morpholine rings is 1. The Balaban J connectivity index is 1.90. The zero-order valence-corrected chi connectivity index (χ0v) is 18.4. The maximum atomic E-state index is 11.7. The van der Waals surface area contributed by atoms with Crippen LogP contribution < -0.4 is 0 Å². The van der Waals surface area contributed by atoms with Crippen LogP contribution in [-0.4, -0.2) is 74.9 Å². The summed E-state index contributed by atoms with van der Waals surface area (Å²) in [5, 5.41) is 0. The van der Waals surface area contributed by atoms with E-state index in [-0.39, 0.29) is 5.97 Å². The third kappa shape index (κ3) is 8.06. The van der Waals surface area contributed by atoms with Crippen LogP contribution in [0.15, 0.2) is 23.3 Å². The highest BCUT2D eigenvalue weighted by Crippen LogP contribution is 2.27. The van der Waals surface area contributed by atoms with Crippen LogP contribution >= 0.6 is 0 Å². The monoisotopic (exact) mass is 392 g/mol. The third-order valence-corrected chi connectivity index (χ3v) is 6.03. The van der Waals surface area contributed by atoms with Gasteiger partial charge in [-0.25, -0.2) is 0 Å². The molecule has 0 radical (unpaired) electrons. The van der Waals surface area contributed by atoms with Crippen LogP contribution in [0.25, 0.3) is 0 Å². The van der Waals surface area contributed by atoms with Crippen LogP contribution in [0.5, 0.6) is 0 Å². The summed E-state index contributed by atoms with van der Waals surface area (Å²) in [6, 6.07) is 0.563. The Kier molecular flexibility index (Phi) is 10.2. The largest absolute Gasteiger partial charge is 0.469 e. The van der Waals surface area contributed by atoms with Gasteiger partial charge in [0.1, 0.15) is 0 Å². The molecule has 0 unspecified atom stereocenters. The Morgan fingerprint density at radius 2 is 1.86 bits per heavy atom. The van der Waals surface area contributed by atoms with Crippen LogP contribution in [-0.2, 0) is 14.3 Å². The molecular weight excluding hydrogens is 352 g/mol. The van der Waals surface area contributed by atoms with Gasteiger partial charge in [-0.2, -0.15) is 0 Å². The van der Waals surface area contributed by atoms with Gasteiger partial charge in [0.2, 0.25) is 0 Å². The Morgan fingerprint density at radius 1 is 1.11 bits per heavy atom. The number of nitrogens with zero attached hydrogens (tertiary/aromatic N) is 2. The number of esters is 1. The molecule has 0 N–H and O–H groups in total. The van der Waals surface area contributed by atoms with E-state index < -0.39 is 0 Å². The molecule has 2 saturated heterocycles. The number of likely N-dealkylation sites (tertiary alicyclic amines) is 1. The molecule has 0 aliphatic carbocycles. The van der Waals surface area contributed by atoms with Crippen LogP contribution in [0.1, 0.15) is 52.9 Å². The van der Waals surface area contributed by atoms with Gasteiger partial charge < -0.3 is 9.47 Å². The van der Waals surface area contributed by atoms with Gasteiger partial charge in [-0.3, -0.25) is 14.6 Å². The van der Waals surface area contributed by atoms with Crippen LogP contribution in [0.4, 0.5) is 0 Å². The van der Waals surface area contributed by atoms with Crippen LogP contribution in [0.3, 0.4) is 0 Å². The van der Waals surface area contributed by atoms with E-state index in [1.807, 2.05) is 0 Å². The van der Waals surface area contributed by atoms with E-state index in [0.717, 1.165) is 65.2 Å². The summed E-state index contributed by atoms with van der Waals surface area (Å²) in [6.45, 7) is 13.5. The first-order valence-electron chi connectivity index (χ1n) is 10.9. The van der Waals surface area contributed by atoms with E-state index in [2.05, 4.69) is 42.7 Å². The molecule has 28 heavy (non-hydrogen) atoms. The molecule has 0 aromatic rings. The third-order valence-electron chi connectivity index (χ3n) is 6.03. The van der Waals surface area contributed by atoms with Crippen LogP contribution in [0, 0.1) is 5.92 Å². The highest BCUT2D eigenvalue weighted by molar-refractivity contribution is 5.69. The van der Waals surface area contributed by atoms with E-state index >= 15 is 0 Å². The fourth-order valence-corrected chi connectivity index (χ4v) is 4.32. The Hall–Kier alpha value is -1.17. The fraction of sp³-hybridized carbons (Fsp3) is 0.783. The molecule has 5 heteroatoms. The average Bonchev–Trinajstić information content (AvgIpc) is 2.70. The first kappa shape index (κ1) is 23.1. The molecule has 2 heterocycles. The molecule has 160 valence electrons. The van der Waals surface area contributed by atoms with Crippen molar-refractivity contribution in [2.24, 2.45) is 5.92 Å². The number of piperidine rings is 1. The molecule has 5 nitrogen and oxygen atoms in total. The van der Waals surface area contributed by atoms with Crippen LogP contribution in [0.2, 0.25) is 0 Å². The topological polar surface area (TPSA) is 42.0 Å². The second kappa shape index (κ2) is 12.4. The van der Waals surface area contributed by atoms with E-state index in [0.29, 0.717) is 18.4 Å². The first-order chi connectivity index (χ1) is 13.5. The molecular formula is C23H40N2O3. The van der Waals surface area contributed by atoms with Gasteiger partial charge in [0.05, 0.1) is 20.3 Å². The van der Waals surface area contributed by atoms with Crippen molar-refractivity contribution in [1.29, 1.82) is 0 Å². The van der Waals surface area contributed by atoms with Gasteiger partial charge in [0, 0.05) is 38.6 Å². The minimum absolute atomic E-state index is 0.0899. The van der Waals surface area contributed by atoms with Crippen molar-refractivity contribution < 1.29 is 14.3 Å². The molecule has 0 aromatic heterocycles. The highest BCUT2D eigenvalue weighted by Gasteiger charge is 2.33. The summed E-state index contributed by atoms with van der Waals surface area (Å²) >= 11 is 0. The van der Waals surface area contributed by atoms with Crippen molar-refractivity contribution in [3.63, 3.8) is 0 Å². The minimum atomic E-state index is -0.0899. The SMILES string of the molecule is COC(=O)CC[C@@H]1CN(C/C=C(\C)CCC=C(C)C)CC[C@@H]1N1CCOCC1. The van der Waals surface area contributed by atoms with E-state index in [4.69, 9.17) is 9.47 Å². The van der Waals surface area contributed by atoms with Crippen molar-refractivity contribution >= 4 is 5.97 Å². The Bertz CT molecular complexity index is 534. The van der Waals surface area contributed by atoms with Gasteiger partial charge in [-0.05, 0) is 58.9 Å². The summed E-state index contributed by atoms with van der Waals surface area (Å²) in [7, 11) is 1.48. The molecule has 0 saturated carbocycles. The number of allylic oxidation sites excluding steroid dienone is 3. The molecule has 0 aromatic carbocycles. The highest BCUT2D eigenvalue weighted by atomic mass is 16.5. The number of carbonyl (C=O) groups excluding carboxylic acids is 1.